The van der Waals surface area contributed by atoms with E-state index < -0.39 is 0 Å². The number of rotatable bonds is 4. The van der Waals surface area contributed by atoms with Gasteiger partial charge in [-0.1, -0.05) is 127 Å². The standard InChI is InChI=1S/C20H25P.C5H10.CH4.2CH3.Fe/c1-16-10-9-15-20(16)17(2)21(18-11-5-3-6-12-18)19-13-7-4-8-14-19;1-2-4-5-3-1;;;;/h3-8,11-14,16-17,20H,9-10,15H2,1-2H3;1-5H2;1H4;2*1H3;/q;;;2*-1;+2/t16?,17-,20?;;;;;/m1...../s1. The second-order valence-corrected chi connectivity index (χ2v) is 10.7. The van der Waals surface area contributed by atoms with Crippen LogP contribution in [0.3, 0.4) is 0 Å². The zero-order valence-electron chi connectivity index (χ0n) is 19.0. The van der Waals surface area contributed by atoms with Crippen molar-refractivity contribution in [3.05, 3.63) is 75.5 Å². The van der Waals surface area contributed by atoms with Gasteiger partial charge in [-0.15, -0.1) is 0 Å². The minimum absolute atomic E-state index is 0. The van der Waals surface area contributed by atoms with E-state index in [9.17, 15) is 0 Å². The summed E-state index contributed by atoms with van der Waals surface area (Å²) in [5, 5.41) is 3.07. The van der Waals surface area contributed by atoms with Crippen LogP contribution in [-0.4, -0.2) is 5.66 Å². The van der Waals surface area contributed by atoms with Crippen molar-refractivity contribution in [2.24, 2.45) is 11.8 Å². The van der Waals surface area contributed by atoms with Crippen LogP contribution in [0.2, 0.25) is 0 Å². The summed E-state index contributed by atoms with van der Waals surface area (Å²) in [6.07, 6.45) is 11.8. The van der Waals surface area contributed by atoms with Gasteiger partial charge in [0.2, 0.25) is 0 Å². The quantitative estimate of drug-likeness (QED) is 0.240. The SMILES string of the molecule is C.C1CCCC1.CC1CCCC1[C@@H](C)P(c1ccccc1)c1ccccc1.[CH3-].[CH3-].[Fe+2]. The van der Waals surface area contributed by atoms with E-state index in [1.54, 1.807) is 0 Å². The molecule has 0 amide bonds. The second-order valence-electron chi connectivity index (χ2n) is 8.12. The Kier molecular flexibility index (Phi) is 17.9. The molecule has 0 N–H and O–H groups in total. The molecule has 2 aliphatic rings. The third-order valence-corrected chi connectivity index (χ3v) is 9.18. The van der Waals surface area contributed by atoms with Crippen LogP contribution in [0, 0.1) is 26.7 Å². The van der Waals surface area contributed by atoms with Crippen LogP contribution in [-0.2, 0) is 17.1 Å². The summed E-state index contributed by atoms with van der Waals surface area (Å²) in [6.45, 7) is 4.95. The minimum atomic E-state index is -0.250. The monoisotopic (exact) mass is 468 g/mol. The van der Waals surface area contributed by atoms with Crippen LogP contribution < -0.4 is 10.6 Å². The Morgan fingerprint density at radius 2 is 1.10 bits per heavy atom. The van der Waals surface area contributed by atoms with Crippen molar-refractivity contribution >= 4 is 18.5 Å². The molecule has 2 unspecified atom stereocenters. The molecular weight excluding hydrogens is 423 g/mol. The first-order valence-electron chi connectivity index (χ1n) is 10.7. The van der Waals surface area contributed by atoms with Crippen LogP contribution in [0.5, 0.6) is 0 Å². The van der Waals surface area contributed by atoms with Gasteiger partial charge in [-0.25, -0.2) is 0 Å². The average molecular weight is 468 g/mol. The molecule has 0 radical (unpaired) electrons. The second kappa shape index (κ2) is 17.0. The maximum Gasteiger partial charge on any atom is 2.00 e. The van der Waals surface area contributed by atoms with Crippen molar-refractivity contribution < 1.29 is 17.1 Å². The molecule has 30 heavy (non-hydrogen) atoms. The van der Waals surface area contributed by atoms with E-state index in [0.717, 1.165) is 17.5 Å². The smallest absolute Gasteiger partial charge is 0.358 e. The summed E-state index contributed by atoms with van der Waals surface area (Å²) >= 11 is 0. The van der Waals surface area contributed by atoms with E-state index in [0.29, 0.717) is 0 Å². The van der Waals surface area contributed by atoms with E-state index in [1.165, 1.54) is 62.0 Å². The summed E-state index contributed by atoms with van der Waals surface area (Å²) in [7, 11) is -0.250. The fraction of sp³-hybridized carbons (Fsp3) is 0.500. The molecule has 2 aliphatic carbocycles. The Hall–Kier alpha value is -0.611. The molecule has 2 fully saturated rings. The Bertz CT molecular complexity index is 576. The van der Waals surface area contributed by atoms with Crippen molar-refractivity contribution in [2.45, 2.75) is 78.3 Å². The van der Waals surface area contributed by atoms with Gasteiger partial charge in [-0.05, 0) is 42.4 Å². The molecule has 2 heteroatoms. The van der Waals surface area contributed by atoms with Crippen molar-refractivity contribution in [2.75, 3.05) is 0 Å². The van der Waals surface area contributed by atoms with E-state index >= 15 is 0 Å². The Balaban J connectivity index is 0. The van der Waals surface area contributed by atoms with Crippen LogP contribution in [0.4, 0.5) is 0 Å². The van der Waals surface area contributed by atoms with Crippen LogP contribution in [0.25, 0.3) is 0 Å². The zero-order chi connectivity index (χ0) is 18.2. The number of hydrogen-bond acceptors (Lipinski definition) is 0. The number of hydrogen-bond donors (Lipinski definition) is 0. The molecule has 4 rings (SSSR count). The summed E-state index contributed by atoms with van der Waals surface area (Å²) in [4.78, 5) is 0. The molecule has 0 saturated heterocycles. The predicted octanol–water partition coefficient (Wildman–Crippen LogP) is 8.43. The third kappa shape index (κ3) is 8.86. The Labute approximate surface area is 200 Å². The molecule has 0 spiro atoms. The van der Waals surface area contributed by atoms with Crippen molar-refractivity contribution in [3.8, 4) is 0 Å². The molecule has 0 aliphatic heterocycles. The summed E-state index contributed by atoms with van der Waals surface area (Å²) in [6, 6.07) is 22.3. The van der Waals surface area contributed by atoms with Crippen LogP contribution >= 0.6 is 7.92 Å². The van der Waals surface area contributed by atoms with E-state index in [4.69, 9.17) is 0 Å². The van der Waals surface area contributed by atoms with Crippen LogP contribution in [0.1, 0.15) is 72.6 Å². The summed E-state index contributed by atoms with van der Waals surface area (Å²) < 4.78 is 0. The molecule has 2 aromatic carbocycles. The largest absolute Gasteiger partial charge is 2.00 e. The molecular formula is C28H45FeP. The van der Waals surface area contributed by atoms with Crippen molar-refractivity contribution in [1.82, 2.24) is 0 Å². The van der Waals surface area contributed by atoms with Gasteiger partial charge in [-0.3, -0.25) is 0 Å². The third-order valence-electron chi connectivity index (χ3n) is 6.27. The average Bonchev–Trinajstić information content (AvgIpc) is 3.38. The number of benzene rings is 2. The van der Waals surface area contributed by atoms with E-state index in [2.05, 4.69) is 74.5 Å². The summed E-state index contributed by atoms with van der Waals surface area (Å²) in [5.74, 6) is 1.77. The van der Waals surface area contributed by atoms with Crippen LogP contribution in [0.15, 0.2) is 60.7 Å². The molecule has 2 aromatic rings. The first-order chi connectivity index (χ1) is 12.8. The van der Waals surface area contributed by atoms with Gasteiger partial charge in [0.1, 0.15) is 0 Å². The molecule has 170 valence electrons. The molecule has 0 heterocycles. The molecule has 2 saturated carbocycles. The fourth-order valence-corrected chi connectivity index (χ4v) is 7.81. The van der Waals surface area contributed by atoms with Crippen molar-refractivity contribution in [3.63, 3.8) is 0 Å². The Morgan fingerprint density at radius 1 is 0.700 bits per heavy atom. The van der Waals surface area contributed by atoms with Gasteiger partial charge in [-0.2, -0.15) is 0 Å². The predicted molar refractivity (Wildman–Crippen MR) is 138 cm³/mol. The van der Waals surface area contributed by atoms with Gasteiger partial charge in [0.25, 0.3) is 0 Å². The van der Waals surface area contributed by atoms with Gasteiger partial charge in [0.05, 0.1) is 0 Å². The topological polar surface area (TPSA) is 0 Å². The van der Waals surface area contributed by atoms with Crippen molar-refractivity contribution in [1.29, 1.82) is 0 Å². The normalized spacial score (nSPS) is 20.4. The van der Waals surface area contributed by atoms with E-state index in [-0.39, 0.29) is 47.3 Å². The first kappa shape index (κ1) is 31.6. The molecule has 0 bridgehead atoms. The molecule has 0 aromatic heterocycles. The maximum absolute atomic E-state index is 2.50. The summed E-state index contributed by atoms with van der Waals surface area (Å²) in [5.41, 5.74) is 0.766. The zero-order valence-corrected chi connectivity index (χ0v) is 21.0. The van der Waals surface area contributed by atoms with Gasteiger partial charge in [0.15, 0.2) is 0 Å². The minimum Gasteiger partial charge on any atom is -0.358 e. The van der Waals surface area contributed by atoms with Gasteiger partial charge < -0.3 is 14.9 Å². The molecule has 0 nitrogen and oxygen atoms in total. The fourth-order valence-electron chi connectivity index (χ4n) is 4.76. The maximum atomic E-state index is 2.50. The van der Waals surface area contributed by atoms with Gasteiger partial charge in [0, 0.05) is 0 Å². The first-order valence-corrected chi connectivity index (χ1v) is 12.1. The molecule has 3 atom stereocenters. The van der Waals surface area contributed by atoms with E-state index in [1.807, 2.05) is 0 Å². The Morgan fingerprint density at radius 3 is 1.43 bits per heavy atom. The van der Waals surface area contributed by atoms with Gasteiger partial charge >= 0.3 is 17.1 Å².